The molecule has 0 atom stereocenters. The SMILES string of the molecule is Ic1ccncc1Nc1ncccn1. The molecule has 2 heterocycles. The summed E-state index contributed by atoms with van der Waals surface area (Å²) in [5.41, 5.74) is 0.916. The summed E-state index contributed by atoms with van der Waals surface area (Å²) in [7, 11) is 0. The van der Waals surface area contributed by atoms with Crippen LogP contribution in [0.5, 0.6) is 0 Å². The maximum absolute atomic E-state index is 4.06. The Bertz CT molecular complexity index is 418. The Morgan fingerprint density at radius 3 is 2.64 bits per heavy atom. The molecule has 2 aromatic heterocycles. The second-order valence-corrected chi connectivity index (χ2v) is 3.72. The van der Waals surface area contributed by atoms with Crippen molar-refractivity contribution in [3.63, 3.8) is 0 Å². The molecule has 1 N–H and O–H groups in total. The zero-order valence-electron chi connectivity index (χ0n) is 7.18. The van der Waals surface area contributed by atoms with Gasteiger partial charge in [-0.25, -0.2) is 9.97 Å². The van der Waals surface area contributed by atoms with Crippen molar-refractivity contribution < 1.29 is 0 Å². The average Bonchev–Trinajstić information content (AvgIpc) is 2.23. The van der Waals surface area contributed by atoms with Crippen LogP contribution in [0.3, 0.4) is 0 Å². The van der Waals surface area contributed by atoms with Crippen LogP contribution in [-0.4, -0.2) is 15.0 Å². The smallest absolute Gasteiger partial charge is 0.227 e. The first kappa shape index (κ1) is 9.32. The lowest BCUT2D eigenvalue weighted by Crippen LogP contribution is -1.97. The van der Waals surface area contributed by atoms with Gasteiger partial charge >= 0.3 is 0 Å². The van der Waals surface area contributed by atoms with Crippen LogP contribution in [0.1, 0.15) is 0 Å². The van der Waals surface area contributed by atoms with Crippen LogP contribution < -0.4 is 5.32 Å². The van der Waals surface area contributed by atoms with Crippen LogP contribution in [-0.2, 0) is 0 Å². The fourth-order valence-electron chi connectivity index (χ4n) is 0.954. The summed E-state index contributed by atoms with van der Waals surface area (Å²) in [6.45, 7) is 0. The fourth-order valence-corrected chi connectivity index (χ4v) is 1.39. The minimum absolute atomic E-state index is 0.582. The number of anilines is 2. The molecular formula is C9H7IN4. The number of hydrogen-bond acceptors (Lipinski definition) is 4. The Labute approximate surface area is 95.0 Å². The molecule has 14 heavy (non-hydrogen) atoms. The van der Waals surface area contributed by atoms with Crippen molar-refractivity contribution in [2.75, 3.05) is 5.32 Å². The summed E-state index contributed by atoms with van der Waals surface area (Å²) in [5, 5.41) is 3.08. The lowest BCUT2D eigenvalue weighted by atomic mass is 10.4. The zero-order valence-corrected chi connectivity index (χ0v) is 9.34. The first-order chi connectivity index (χ1) is 6.86. The van der Waals surface area contributed by atoms with Gasteiger partial charge in [0.1, 0.15) is 0 Å². The van der Waals surface area contributed by atoms with E-state index in [1.165, 1.54) is 0 Å². The van der Waals surface area contributed by atoms with Gasteiger partial charge in [-0.3, -0.25) is 4.98 Å². The Balaban J connectivity index is 2.24. The molecule has 0 amide bonds. The van der Waals surface area contributed by atoms with Crippen LogP contribution in [0.4, 0.5) is 11.6 Å². The van der Waals surface area contributed by atoms with Crippen molar-refractivity contribution in [1.82, 2.24) is 15.0 Å². The van der Waals surface area contributed by atoms with Gasteiger partial charge in [0.25, 0.3) is 0 Å². The van der Waals surface area contributed by atoms with Crippen LogP contribution in [0.15, 0.2) is 36.9 Å². The summed E-state index contributed by atoms with van der Waals surface area (Å²) in [4.78, 5) is 12.1. The van der Waals surface area contributed by atoms with E-state index in [2.05, 4.69) is 42.9 Å². The van der Waals surface area contributed by atoms with Crippen molar-refractivity contribution in [3.05, 3.63) is 40.5 Å². The highest BCUT2D eigenvalue weighted by molar-refractivity contribution is 14.1. The molecule has 0 spiro atoms. The van der Waals surface area contributed by atoms with E-state index in [1.54, 1.807) is 30.9 Å². The Kier molecular flexibility index (Phi) is 2.87. The maximum Gasteiger partial charge on any atom is 0.227 e. The first-order valence-corrected chi connectivity index (χ1v) is 5.08. The summed E-state index contributed by atoms with van der Waals surface area (Å²) in [5.74, 6) is 0.582. The summed E-state index contributed by atoms with van der Waals surface area (Å²) < 4.78 is 1.09. The molecule has 4 nitrogen and oxygen atoms in total. The summed E-state index contributed by atoms with van der Waals surface area (Å²) in [6, 6.07) is 3.70. The lowest BCUT2D eigenvalue weighted by molar-refractivity contribution is 1.16. The molecule has 0 aliphatic carbocycles. The number of pyridine rings is 1. The third kappa shape index (κ3) is 2.16. The first-order valence-electron chi connectivity index (χ1n) is 4.00. The van der Waals surface area contributed by atoms with E-state index in [4.69, 9.17) is 0 Å². The van der Waals surface area contributed by atoms with E-state index < -0.39 is 0 Å². The number of nitrogens with one attached hydrogen (secondary N) is 1. The molecule has 5 heteroatoms. The van der Waals surface area contributed by atoms with Crippen molar-refractivity contribution in [3.8, 4) is 0 Å². The van der Waals surface area contributed by atoms with Crippen molar-refractivity contribution in [1.29, 1.82) is 0 Å². The number of rotatable bonds is 2. The van der Waals surface area contributed by atoms with Gasteiger partial charge < -0.3 is 5.32 Å². The molecule has 2 aromatic rings. The van der Waals surface area contributed by atoms with Crippen LogP contribution >= 0.6 is 22.6 Å². The number of hydrogen-bond donors (Lipinski definition) is 1. The molecular weight excluding hydrogens is 291 g/mol. The van der Waals surface area contributed by atoms with E-state index in [-0.39, 0.29) is 0 Å². The van der Waals surface area contributed by atoms with Gasteiger partial charge in [-0.15, -0.1) is 0 Å². The van der Waals surface area contributed by atoms with E-state index in [1.807, 2.05) is 6.07 Å². The van der Waals surface area contributed by atoms with Crippen LogP contribution in [0, 0.1) is 3.57 Å². The molecule has 2 rings (SSSR count). The molecule has 0 bridgehead atoms. The van der Waals surface area contributed by atoms with Gasteiger partial charge in [-0.2, -0.15) is 0 Å². The standard InChI is InChI=1S/C9H7IN4/c10-7-2-5-11-6-8(7)14-9-12-3-1-4-13-9/h1-6H,(H,12,13,14). The Hall–Kier alpha value is -1.24. The third-order valence-electron chi connectivity index (χ3n) is 1.58. The Morgan fingerprint density at radius 1 is 1.14 bits per heavy atom. The highest BCUT2D eigenvalue weighted by atomic mass is 127. The molecule has 0 saturated carbocycles. The molecule has 0 aliphatic heterocycles. The fraction of sp³-hybridized carbons (Fsp3) is 0. The van der Waals surface area contributed by atoms with Crippen LogP contribution in [0.25, 0.3) is 0 Å². The molecule has 0 radical (unpaired) electrons. The highest BCUT2D eigenvalue weighted by Crippen LogP contribution is 2.18. The van der Waals surface area contributed by atoms with Crippen LogP contribution in [0.2, 0.25) is 0 Å². The number of aromatic nitrogens is 3. The van der Waals surface area contributed by atoms with Crippen molar-refractivity contribution in [2.45, 2.75) is 0 Å². The van der Waals surface area contributed by atoms with Gasteiger partial charge in [-0.1, -0.05) is 0 Å². The van der Waals surface area contributed by atoms with Crippen molar-refractivity contribution in [2.24, 2.45) is 0 Å². The largest absolute Gasteiger partial charge is 0.322 e. The zero-order chi connectivity index (χ0) is 9.80. The van der Waals surface area contributed by atoms with Crippen molar-refractivity contribution >= 4 is 34.2 Å². The molecule has 0 unspecified atom stereocenters. The summed E-state index contributed by atoms with van der Waals surface area (Å²) in [6.07, 6.45) is 6.88. The monoisotopic (exact) mass is 298 g/mol. The molecule has 0 aliphatic rings. The van der Waals surface area contributed by atoms with E-state index in [0.29, 0.717) is 5.95 Å². The summed E-state index contributed by atoms with van der Waals surface area (Å²) >= 11 is 2.23. The van der Waals surface area contributed by atoms with Gasteiger partial charge in [0.15, 0.2) is 0 Å². The Morgan fingerprint density at radius 2 is 1.93 bits per heavy atom. The minimum atomic E-state index is 0.582. The molecule has 70 valence electrons. The van der Waals surface area contributed by atoms with E-state index in [9.17, 15) is 0 Å². The van der Waals surface area contributed by atoms with E-state index >= 15 is 0 Å². The predicted molar refractivity (Wildman–Crippen MR) is 62.3 cm³/mol. The van der Waals surface area contributed by atoms with Gasteiger partial charge in [0.05, 0.1) is 11.9 Å². The average molecular weight is 298 g/mol. The second-order valence-electron chi connectivity index (χ2n) is 2.55. The highest BCUT2D eigenvalue weighted by Gasteiger charge is 1.99. The normalized spacial score (nSPS) is 9.79. The van der Waals surface area contributed by atoms with Gasteiger partial charge in [0.2, 0.25) is 5.95 Å². The number of nitrogens with zero attached hydrogens (tertiary/aromatic N) is 3. The topological polar surface area (TPSA) is 50.7 Å². The predicted octanol–water partition coefficient (Wildman–Crippen LogP) is 2.22. The quantitative estimate of drug-likeness (QED) is 0.864. The third-order valence-corrected chi connectivity index (χ3v) is 2.52. The van der Waals surface area contributed by atoms with E-state index in [0.717, 1.165) is 9.26 Å². The molecule has 0 saturated heterocycles. The number of halogens is 1. The van der Waals surface area contributed by atoms with Gasteiger partial charge in [-0.05, 0) is 34.7 Å². The minimum Gasteiger partial charge on any atom is -0.322 e. The van der Waals surface area contributed by atoms with Gasteiger partial charge in [0, 0.05) is 22.2 Å². The lowest BCUT2D eigenvalue weighted by Gasteiger charge is -2.04. The molecule has 0 fully saturated rings. The second kappa shape index (κ2) is 4.32. The molecule has 0 aromatic carbocycles. The maximum atomic E-state index is 4.06.